The van der Waals surface area contributed by atoms with Crippen LogP contribution in [0.25, 0.3) is 11.1 Å². The van der Waals surface area contributed by atoms with Gasteiger partial charge in [-0.1, -0.05) is 49.7 Å². The van der Waals surface area contributed by atoms with Gasteiger partial charge in [0.05, 0.1) is 24.6 Å². The van der Waals surface area contributed by atoms with Crippen LogP contribution in [0.5, 0.6) is 0 Å². The number of hydrogen-bond donors (Lipinski definition) is 0. The van der Waals surface area contributed by atoms with E-state index in [1.807, 2.05) is 12.1 Å². The Balaban J connectivity index is 1.96. The fraction of sp³-hybridized carbons (Fsp3) is 0.333. The normalized spacial score (nSPS) is 19.0. The summed E-state index contributed by atoms with van der Waals surface area (Å²) in [5.74, 6) is 0.213. The Morgan fingerprint density at radius 2 is 1.54 bits per heavy atom. The molecule has 0 radical (unpaired) electrons. The quantitative estimate of drug-likeness (QED) is 0.673. The molecule has 0 bridgehead atoms. The van der Waals surface area contributed by atoms with E-state index in [1.54, 1.807) is 0 Å². The molecule has 4 rings (SSSR count). The van der Waals surface area contributed by atoms with E-state index >= 15 is 0 Å². The highest BCUT2D eigenvalue weighted by atomic mass is 16.2. The molecule has 1 heterocycles. The molecule has 2 aliphatic rings. The van der Waals surface area contributed by atoms with Gasteiger partial charge < -0.3 is 0 Å². The lowest BCUT2D eigenvalue weighted by atomic mass is 10.1. The number of carbonyl (C=O) groups excluding carboxylic acids is 1. The summed E-state index contributed by atoms with van der Waals surface area (Å²) >= 11 is 0. The molecule has 3 nitrogen and oxygen atoms in total. The molecule has 1 fully saturated rings. The number of amides is 1. The zero-order valence-electron chi connectivity index (χ0n) is 14.3. The van der Waals surface area contributed by atoms with Gasteiger partial charge in [-0.25, -0.2) is 0 Å². The minimum absolute atomic E-state index is 0.213. The summed E-state index contributed by atoms with van der Waals surface area (Å²) in [6.07, 6.45) is 3.98. The van der Waals surface area contributed by atoms with E-state index in [-0.39, 0.29) is 11.9 Å². The van der Waals surface area contributed by atoms with Gasteiger partial charge in [0.25, 0.3) is 5.91 Å². The molecule has 1 aliphatic carbocycles. The first-order valence-corrected chi connectivity index (χ1v) is 8.84. The van der Waals surface area contributed by atoms with Crippen LogP contribution in [0.4, 0.5) is 0 Å². The molecule has 1 aliphatic heterocycles. The van der Waals surface area contributed by atoms with Crippen molar-refractivity contribution < 1.29 is 9.48 Å². The van der Waals surface area contributed by atoms with Gasteiger partial charge in [-0.3, -0.25) is 4.79 Å². The highest BCUT2D eigenvalue weighted by Gasteiger charge is 2.45. The minimum Gasteiger partial charge on any atom is -0.269 e. The Morgan fingerprint density at radius 3 is 2.08 bits per heavy atom. The average Bonchev–Trinajstić information content (AvgIpc) is 3.08. The number of rotatable bonds is 3. The first kappa shape index (κ1) is 15.1. The molecule has 122 valence electrons. The van der Waals surface area contributed by atoms with Gasteiger partial charge in [-0.05, 0) is 29.7 Å². The van der Waals surface area contributed by atoms with Crippen molar-refractivity contribution in [3.63, 3.8) is 0 Å². The number of hydrazone groups is 1. The average molecular weight is 319 g/mol. The fourth-order valence-electron chi connectivity index (χ4n) is 4.02. The molecule has 3 heteroatoms. The molecule has 0 spiro atoms. The van der Waals surface area contributed by atoms with Crippen molar-refractivity contribution in [2.75, 3.05) is 7.05 Å². The molecule has 0 aromatic heterocycles. The van der Waals surface area contributed by atoms with Crippen LogP contribution in [0.3, 0.4) is 0 Å². The van der Waals surface area contributed by atoms with Crippen LogP contribution in [-0.2, 0) is 4.79 Å². The first-order valence-electron chi connectivity index (χ1n) is 8.84. The number of nitrogens with zero attached hydrogens (tertiary/aromatic N) is 2. The van der Waals surface area contributed by atoms with E-state index in [2.05, 4.69) is 60.1 Å². The summed E-state index contributed by atoms with van der Waals surface area (Å²) in [7, 11) is 1.91. The maximum atomic E-state index is 12.4. The molecular formula is C21H23N2O+. The summed E-state index contributed by atoms with van der Waals surface area (Å²) in [6, 6.07) is 17.3. The van der Waals surface area contributed by atoms with Crippen molar-refractivity contribution in [3.8, 4) is 11.1 Å². The lowest BCUT2D eigenvalue weighted by molar-refractivity contribution is -0.677. The van der Waals surface area contributed by atoms with Crippen LogP contribution in [0.2, 0.25) is 0 Å². The van der Waals surface area contributed by atoms with Gasteiger partial charge in [0.2, 0.25) is 5.71 Å². The van der Waals surface area contributed by atoms with E-state index in [0.717, 1.165) is 19.3 Å². The highest BCUT2D eigenvalue weighted by molar-refractivity contribution is 6.22. The number of benzene rings is 2. The number of hydrazine groups is 1. The third-order valence-electron chi connectivity index (χ3n) is 5.21. The molecule has 1 atom stereocenters. The second-order valence-corrected chi connectivity index (χ2v) is 6.70. The molecular weight excluding hydrogens is 296 g/mol. The van der Waals surface area contributed by atoms with Crippen LogP contribution in [0.15, 0.2) is 48.5 Å². The predicted molar refractivity (Wildman–Crippen MR) is 96.0 cm³/mol. The third-order valence-corrected chi connectivity index (χ3v) is 5.21. The van der Waals surface area contributed by atoms with Crippen LogP contribution in [-0.4, -0.2) is 34.4 Å². The van der Waals surface area contributed by atoms with Crippen molar-refractivity contribution in [2.24, 2.45) is 0 Å². The second-order valence-electron chi connectivity index (χ2n) is 6.70. The predicted octanol–water partition coefficient (Wildman–Crippen LogP) is 3.85. The Labute approximate surface area is 143 Å². The number of fused-ring (bicyclic) bond motifs is 3. The molecule has 1 unspecified atom stereocenters. The van der Waals surface area contributed by atoms with Gasteiger partial charge in [-0.2, -0.15) is 0 Å². The third kappa shape index (κ3) is 2.19. The van der Waals surface area contributed by atoms with Gasteiger partial charge in [0.15, 0.2) is 6.04 Å². The van der Waals surface area contributed by atoms with Crippen molar-refractivity contribution in [2.45, 2.75) is 38.6 Å². The van der Waals surface area contributed by atoms with E-state index < -0.39 is 0 Å². The molecule has 0 saturated carbocycles. The van der Waals surface area contributed by atoms with Crippen LogP contribution >= 0.6 is 0 Å². The minimum atomic E-state index is 0.213. The van der Waals surface area contributed by atoms with E-state index in [4.69, 9.17) is 0 Å². The van der Waals surface area contributed by atoms with Crippen molar-refractivity contribution >= 4 is 11.6 Å². The van der Waals surface area contributed by atoms with Gasteiger partial charge in [0.1, 0.15) is 0 Å². The first-order chi connectivity index (χ1) is 11.7. The zero-order valence-corrected chi connectivity index (χ0v) is 14.3. The largest absolute Gasteiger partial charge is 0.283 e. The van der Waals surface area contributed by atoms with Gasteiger partial charge in [0, 0.05) is 6.42 Å². The van der Waals surface area contributed by atoms with E-state index in [9.17, 15) is 4.79 Å². The summed E-state index contributed by atoms with van der Waals surface area (Å²) in [5.41, 5.74) is 6.20. The number of carbonyl (C=O) groups is 1. The van der Waals surface area contributed by atoms with Crippen LogP contribution in [0, 0.1) is 0 Å². The molecule has 1 amide bonds. The molecule has 24 heavy (non-hydrogen) atoms. The van der Waals surface area contributed by atoms with Gasteiger partial charge >= 0.3 is 0 Å². The topological polar surface area (TPSA) is 23.3 Å². The SMILES string of the molecule is CCCCC1CC(=O)N(C)[N+]1=C1c2ccccc2-c2ccccc21. The maximum absolute atomic E-state index is 12.4. The summed E-state index contributed by atoms with van der Waals surface area (Å²) in [4.78, 5) is 12.4. The fourth-order valence-corrected chi connectivity index (χ4v) is 4.02. The summed E-state index contributed by atoms with van der Waals surface area (Å²) in [5, 5.41) is 1.83. The van der Waals surface area contributed by atoms with E-state index in [1.165, 1.54) is 28.0 Å². The second kappa shape index (κ2) is 5.90. The Hall–Kier alpha value is -2.42. The van der Waals surface area contributed by atoms with Crippen LogP contribution in [0.1, 0.15) is 43.7 Å². The van der Waals surface area contributed by atoms with Crippen molar-refractivity contribution in [1.29, 1.82) is 0 Å². The zero-order chi connectivity index (χ0) is 16.7. The van der Waals surface area contributed by atoms with Crippen LogP contribution < -0.4 is 0 Å². The van der Waals surface area contributed by atoms with E-state index in [0.29, 0.717) is 6.42 Å². The monoisotopic (exact) mass is 319 g/mol. The smallest absolute Gasteiger partial charge is 0.269 e. The Kier molecular flexibility index (Phi) is 3.72. The molecule has 0 N–H and O–H groups in total. The molecule has 2 aromatic carbocycles. The number of hydrogen-bond acceptors (Lipinski definition) is 1. The number of unbranched alkanes of at least 4 members (excludes halogenated alkanes) is 1. The lowest BCUT2D eigenvalue weighted by Gasteiger charge is -2.13. The summed E-state index contributed by atoms with van der Waals surface area (Å²) < 4.78 is 2.25. The van der Waals surface area contributed by atoms with Crippen molar-refractivity contribution in [3.05, 3.63) is 59.7 Å². The maximum Gasteiger partial charge on any atom is 0.283 e. The molecule has 1 saturated heterocycles. The van der Waals surface area contributed by atoms with Gasteiger partial charge in [-0.15, -0.1) is 9.69 Å². The van der Waals surface area contributed by atoms with Crippen molar-refractivity contribution in [1.82, 2.24) is 5.01 Å². The molecule has 2 aromatic rings. The summed E-state index contributed by atoms with van der Waals surface area (Å²) in [6.45, 7) is 2.21. The lowest BCUT2D eigenvalue weighted by Crippen LogP contribution is -2.36. The highest BCUT2D eigenvalue weighted by Crippen LogP contribution is 2.38. The standard InChI is InChI=1S/C21H23N2O/c1-3-4-9-15-14-20(24)22(2)23(15)21-18-12-7-5-10-16(18)17-11-6-8-13-19(17)21/h5-8,10-13,15H,3-4,9,14H2,1-2H3/q+1. The Morgan fingerprint density at radius 1 is 1.00 bits per heavy atom. The Bertz CT molecular complexity index is 790.